The smallest absolute Gasteiger partial charge is 0.259 e. The molecule has 0 spiro atoms. The average Bonchev–Trinajstić information content (AvgIpc) is 3.09. The summed E-state index contributed by atoms with van der Waals surface area (Å²) in [6, 6.07) is 7.52. The lowest BCUT2D eigenvalue weighted by Gasteiger charge is -2.17. The monoisotopic (exact) mass is 400 g/mol. The number of aryl methyl sites for hydroxylation is 1. The van der Waals surface area contributed by atoms with Gasteiger partial charge in [-0.25, -0.2) is 14.4 Å². The number of hydrogen-bond donors (Lipinski definition) is 1. The van der Waals surface area contributed by atoms with Gasteiger partial charge in [-0.15, -0.1) is 10.9 Å². The van der Waals surface area contributed by atoms with Crippen LogP contribution in [0.2, 0.25) is 0 Å². The lowest BCUT2D eigenvalue weighted by molar-refractivity contribution is 0.102. The van der Waals surface area contributed by atoms with Gasteiger partial charge in [0.15, 0.2) is 0 Å². The fourth-order valence-corrected chi connectivity index (χ4v) is 3.34. The first-order valence-electron chi connectivity index (χ1n) is 9.30. The van der Waals surface area contributed by atoms with Crippen LogP contribution in [0.5, 0.6) is 0 Å². The van der Waals surface area contributed by atoms with Gasteiger partial charge in [-0.2, -0.15) is 0 Å². The number of aromatic nitrogens is 3. The van der Waals surface area contributed by atoms with Crippen molar-refractivity contribution in [3.05, 3.63) is 53.9 Å². The van der Waals surface area contributed by atoms with Gasteiger partial charge < -0.3 is 9.88 Å². The number of nitrogens with one attached hydrogen (secondary N) is 1. The lowest BCUT2D eigenvalue weighted by Crippen LogP contribution is -2.52. The van der Waals surface area contributed by atoms with E-state index in [1.54, 1.807) is 18.5 Å². The molecule has 1 amide bonds. The van der Waals surface area contributed by atoms with Gasteiger partial charge in [0, 0.05) is 24.2 Å². The molecule has 2 heterocycles. The molecule has 0 aliphatic heterocycles. The van der Waals surface area contributed by atoms with Crippen LogP contribution in [0.3, 0.4) is 0 Å². The standard InChI is InChI=1S/C21H13B4FN4O/c1-9-27-8-13(30(9)2)10-3-4-11-7-28-14(6-12(11)5-10)29-21(31)15-16(22)17(23)18(24)19(25)20(15)26/h3-8H,1-2H3,(H,28,29,31). The van der Waals surface area contributed by atoms with Crippen LogP contribution in [0.4, 0.5) is 10.2 Å². The Balaban J connectivity index is 1.71. The van der Waals surface area contributed by atoms with Crippen LogP contribution in [0, 0.1) is 12.7 Å². The fourth-order valence-electron chi connectivity index (χ4n) is 3.34. The molecule has 0 saturated heterocycles. The zero-order valence-electron chi connectivity index (χ0n) is 16.9. The van der Waals surface area contributed by atoms with Crippen molar-refractivity contribution < 1.29 is 9.18 Å². The predicted octanol–water partition coefficient (Wildman–Crippen LogP) is -0.490. The molecule has 4 aromatic rings. The third-order valence-electron chi connectivity index (χ3n) is 5.30. The minimum atomic E-state index is -1.03. The van der Waals surface area contributed by atoms with E-state index in [2.05, 4.69) is 15.3 Å². The Bertz CT molecular complexity index is 1340. The molecule has 10 heteroatoms. The van der Waals surface area contributed by atoms with Gasteiger partial charge in [0.1, 0.15) is 48.8 Å². The molecule has 5 nitrogen and oxygen atoms in total. The molecule has 4 rings (SSSR count). The minimum Gasteiger partial charge on any atom is -0.331 e. The van der Waals surface area contributed by atoms with Crippen LogP contribution < -0.4 is 27.2 Å². The van der Waals surface area contributed by atoms with E-state index in [-0.39, 0.29) is 22.2 Å². The third-order valence-corrected chi connectivity index (χ3v) is 5.30. The second kappa shape index (κ2) is 7.76. The SMILES string of the molecule is [B]c1c([B])c([B])c(C(=O)Nc2cc3cc(-c4cnc(C)n4C)ccc3cn2)c(F)c1[B]. The summed E-state index contributed by atoms with van der Waals surface area (Å²) in [6.07, 6.45) is 3.40. The largest absolute Gasteiger partial charge is 0.331 e. The van der Waals surface area contributed by atoms with E-state index in [4.69, 9.17) is 31.4 Å². The van der Waals surface area contributed by atoms with Crippen LogP contribution >= 0.6 is 0 Å². The van der Waals surface area contributed by atoms with Crippen molar-refractivity contribution in [2.75, 3.05) is 5.32 Å². The Hall–Kier alpha value is -3.28. The Kier molecular flexibility index (Phi) is 5.25. The molecule has 31 heavy (non-hydrogen) atoms. The van der Waals surface area contributed by atoms with Gasteiger partial charge in [0.25, 0.3) is 5.91 Å². The van der Waals surface area contributed by atoms with Crippen LogP contribution in [0.1, 0.15) is 16.2 Å². The van der Waals surface area contributed by atoms with Gasteiger partial charge in [0.2, 0.25) is 0 Å². The van der Waals surface area contributed by atoms with Crippen molar-refractivity contribution in [1.29, 1.82) is 0 Å². The summed E-state index contributed by atoms with van der Waals surface area (Å²) in [4.78, 5) is 21.2. The number of amides is 1. The lowest BCUT2D eigenvalue weighted by atomic mass is 9.65. The molecule has 0 saturated carbocycles. The molecular weight excluding hydrogens is 387 g/mol. The highest BCUT2D eigenvalue weighted by atomic mass is 19.1. The third kappa shape index (κ3) is 3.56. The fraction of sp³-hybridized carbons (Fsp3) is 0.0952. The second-order valence-corrected chi connectivity index (χ2v) is 7.18. The topological polar surface area (TPSA) is 59.8 Å². The molecule has 142 valence electrons. The van der Waals surface area contributed by atoms with Gasteiger partial charge in [-0.05, 0) is 24.4 Å². The van der Waals surface area contributed by atoms with E-state index < -0.39 is 22.8 Å². The Morgan fingerprint density at radius 1 is 0.968 bits per heavy atom. The van der Waals surface area contributed by atoms with Crippen LogP contribution in [0.15, 0.2) is 36.7 Å². The molecule has 0 fully saturated rings. The molecule has 2 aromatic carbocycles. The molecule has 0 atom stereocenters. The van der Waals surface area contributed by atoms with Crippen molar-refractivity contribution in [3.8, 4) is 11.3 Å². The van der Waals surface area contributed by atoms with Crippen LogP contribution in [-0.2, 0) is 7.05 Å². The molecular formula is C21H13B4FN4O. The van der Waals surface area contributed by atoms with Gasteiger partial charge in [-0.1, -0.05) is 23.1 Å². The first-order chi connectivity index (χ1) is 14.7. The predicted molar refractivity (Wildman–Crippen MR) is 125 cm³/mol. The Morgan fingerprint density at radius 3 is 2.35 bits per heavy atom. The first kappa shape index (κ1) is 21.0. The highest BCUT2D eigenvalue weighted by Crippen LogP contribution is 2.26. The highest BCUT2D eigenvalue weighted by Gasteiger charge is 2.20. The average molecular weight is 400 g/mol. The number of carbonyl (C=O) groups excluding carboxylic acids is 1. The number of fused-ring (bicyclic) bond motifs is 1. The number of anilines is 1. The zero-order chi connectivity index (χ0) is 22.4. The quantitative estimate of drug-likeness (QED) is 0.473. The van der Waals surface area contributed by atoms with Crippen molar-refractivity contribution >= 4 is 75.7 Å². The van der Waals surface area contributed by atoms with Gasteiger partial charge in [0.05, 0.1) is 17.5 Å². The highest BCUT2D eigenvalue weighted by molar-refractivity contribution is 6.63. The summed E-state index contributed by atoms with van der Waals surface area (Å²) in [6.45, 7) is 1.92. The van der Waals surface area contributed by atoms with E-state index in [0.29, 0.717) is 0 Å². The maximum Gasteiger partial charge on any atom is 0.259 e. The van der Waals surface area contributed by atoms with Crippen molar-refractivity contribution in [2.24, 2.45) is 7.05 Å². The molecule has 0 aliphatic carbocycles. The van der Waals surface area contributed by atoms with E-state index in [1.807, 2.05) is 36.7 Å². The molecule has 1 N–H and O–H groups in total. The normalized spacial score (nSPS) is 11.1. The number of pyridine rings is 1. The number of hydrogen-bond acceptors (Lipinski definition) is 3. The summed E-state index contributed by atoms with van der Waals surface area (Å²) in [7, 11) is 24.7. The Labute approximate surface area is 184 Å². The molecule has 0 aliphatic rings. The van der Waals surface area contributed by atoms with Crippen molar-refractivity contribution in [2.45, 2.75) is 6.92 Å². The van der Waals surface area contributed by atoms with E-state index in [1.165, 1.54) is 0 Å². The number of rotatable bonds is 3. The van der Waals surface area contributed by atoms with Crippen LogP contribution in [-0.4, -0.2) is 51.8 Å². The molecule has 0 unspecified atom stereocenters. The molecule has 8 radical (unpaired) electrons. The Morgan fingerprint density at radius 2 is 1.68 bits per heavy atom. The zero-order valence-corrected chi connectivity index (χ0v) is 16.9. The van der Waals surface area contributed by atoms with Crippen molar-refractivity contribution in [3.63, 3.8) is 0 Å². The van der Waals surface area contributed by atoms with Crippen molar-refractivity contribution in [1.82, 2.24) is 14.5 Å². The maximum absolute atomic E-state index is 14.6. The van der Waals surface area contributed by atoms with E-state index in [9.17, 15) is 9.18 Å². The summed E-state index contributed by atoms with van der Waals surface area (Å²) in [5.41, 5.74) is 0.360. The van der Waals surface area contributed by atoms with E-state index >= 15 is 0 Å². The summed E-state index contributed by atoms with van der Waals surface area (Å²) in [5.74, 6) is -0.766. The number of benzene rings is 2. The van der Waals surface area contributed by atoms with Gasteiger partial charge in [-0.3, -0.25) is 4.79 Å². The first-order valence-corrected chi connectivity index (χ1v) is 9.30. The molecule has 0 bridgehead atoms. The molecule has 2 aromatic heterocycles. The summed E-state index contributed by atoms with van der Waals surface area (Å²) < 4.78 is 16.5. The number of imidazole rings is 1. The van der Waals surface area contributed by atoms with Gasteiger partial charge >= 0.3 is 0 Å². The van der Waals surface area contributed by atoms with E-state index in [0.717, 1.165) is 27.9 Å². The number of halogens is 1. The minimum absolute atomic E-state index is 0.147. The number of nitrogens with zero attached hydrogens (tertiary/aromatic N) is 3. The number of carbonyl (C=O) groups is 1. The maximum atomic E-state index is 14.6. The summed E-state index contributed by atoms with van der Waals surface area (Å²) >= 11 is 0. The second-order valence-electron chi connectivity index (χ2n) is 7.18. The summed E-state index contributed by atoms with van der Waals surface area (Å²) in [5, 5.41) is 4.23. The van der Waals surface area contributed by atoms with Crippen LogP contribution in [0.25, 0.3) is 22.0 Å².